The van der Waals surface area contributed by atoms with Crippen LogP contribution in [0.5, 0.6) is 0 Å². The minimum absolute atomic E-state index is 0.190. The number of hydrogen-bond donors (Lipinski definition) is 2. The van der Waals surface area contributed by atoms with E-state index in [2.05, 4.69) is 29.0 Å². The molecule has 1 aliphatic heterocycles. The van der Waals surface area contributed by atoms with E-state index < -0.39 is 0 Å². The largest absolute Gasteiger partial charge is 0.373 e. The second-order valence-corrected chi connectivity index (χ2v) is 10.5. The molecule has 2 N–H and O–H groups in total. The van der Waals surface area contributed by atoms with Crippen LogP contribution in [0.25, 0.3) is 0 Å². The normalized spacial score (nSPS) is 38.0. The number of aromatic nitrogens is 1. The van der Waals surface area contributed by atoms with Gasteiger partial charge in [0.15, 0.2) is 0 Å². The van der Waals surface area contributed by atoms with Gasteiger partial charge in [-0.05, 0) is 87.7 Å². The highest BCUT2D eigenvalue weighted by Crippen LogP contribution is 2.56. The molecule has 1 aromatic rings. The molecule has 0 spiro atoms. The number of pyridine rings is 1. The summed E-state index contributed by atoms with van der Waals surface area (Å²) >= 11 is 0. The first-order valence-corrected chi connectivity index (χ1v) is 11.8. The lowest BCUT2D eigenvalue weighted by atomic mass is 9.52. The van der Waals surface area contributed by atoms with E-state index in [0.29, 0.717) is 12.5 Å². The Balaban J connectivity index is 1.19. The smallest absolute Gasteiger partial charge is 0.261 e. The van der Waals surface area contributed by atoms with Crippen molar-refractivity contribution in [3.8, 4) is 0 Å². The Morgan fingerprint density at radius 1 is 1.07 bits per heavy atom. The minimum Gasteiger partial charge on any atom is -0.373 e. The van der Waals surface area contributed by atoms with Crippen LogP contribution in [0.2, 0.25) is 0 Å². The molecule has 0 aromatic carbocycles. The number of amides is 1. The molecule has 2 atom stereocenters. The summed E-state index contributed by atoms with van der Waals surface area (Å²) in [4.78, 5) is 30.5. The van der Waals surface area contributed by atoms with E-state index in [1.807, 2.05) is 6.07 Å². The maximum Gasteiger partial charge on any atom is 0.261 e. The van der Waals surface area contributed by atoms with Crippen LogP contribution in [0.15, 0.2) is 16.9 Å². The van der Waals surface area contributed by atoms with Crippen molar-refractivity contribution in [2.75, 3.05) is 19.6 Å². The number of rotatable bonds is 5. The molecule has 4 bridgehead atoms. The quantitative estimate of drug-likeness (QED) is 0.778. The predicted octanol–water partition coefficient (Wildman–Crippen LogP) is 2.79. The van der Waals surface area contributed by atoms with Gasteiger partial charge >= 0.3 is 0 Å². The van der Waals surface area contributed by atoms with Crippen molar-refractivity contribution in [1.29, 1.82) is 0 Å². The number of H-pyrrole nitrogens is 1. The monoisotopic (exact) mass is 413 g/mol. The van der Waals surface area contributed by atoms with Crippen molar-refractivity contribution >= 4 is 5.91 Å². The number of morpholine rings is 1. The average Bonchev–Trinajstić information content (AvgIpc) is 2.66. The Morgan fingerprint density at radius 2 is 1.70 bits per heavy atom. The summed E-state index contributed by atoms with van der Waals surface area (Å²) in [5, 5.41) is 3.09. The molecular weight excluding hydrogens is 378 g/mol. The summed E-state index contributed by atoms with van der Waals surface area (Å²) in [6.45, 7) is 7.23. The van der Waals surface area contributed by atoms with Crippen LogP contribution >= 0.6 is 0 Å². The number of carbonyl (C=O) groups is 1. The van der Waals surface area contributed by atoms with Crippen LogP contribution in [0.1, 0.15) is 62.0 Å². The lowest BCUT2D eigenvalue weighted by molar-refractivity contribution is -0.0707. The van der Waals surface area contributed by atoms with Crippen molar-refractivity contribution in [3.05, 3.63) is 33.7 Å². The van der Waals surface area contributed by atoms with Crippen molar-refractivity contribution in [1.82, 2.24) is 15.2 Å². The van der Waals surface area contributed by atoms with Gasteiger partial charge in [-0.3, -0.25) is 14.5 Å². The number of hydrogen-bond acceptors (Lipinski definition) is 4. The molecule has 4 aliphatic carbocycles. The van der Waals surface area contributed by atoms with Crippen molar-refractivity contribution in [2.24, 2.45) is 29.6 Å². The average molecular weight is 414 g/mol. The molecule has 2 heterocycles. The molecule has 0 radical (unpaired) electrons. The van der Waals surface area contributed by atoms with Gasteiger partial charge in [0.25, 0.3) is 11.5 Å². The third-order valence-corrected chi connectivity index (χ3v) is 8.02. The molecule has 5 fully saturated rings. The molecule has 1 aromatic heterocycles. The van der Waals surface area contributed by atoms with Crippen LogP contribution in [0.4, 0.5) is 0 Å². The van der Waals surface area contributed by atoms with E-state index in [-0.39, 0.29) is 29.2 Å². The van der Waals surface area contributed by atoms with E-state index in [0.717, 1.165) is 49.0 Å². The Kier molecular flexibility index (Phi) is 5.48. The summed E-state index contributed by atoms with van der Waals surface area (Å²) < 4.78 is 5.77. The second-order valence-electron chi connectivity index (χ2n) is 10.5. The zero-order valence-corrected chi connectivity index (χ0v) is 18.2. The number of ether oxygens (including phenoxy) is 1. The van der Waals surface area contributed by atoms with Gasteiger partial charge in [0.1, 0.15) is 5.56 Å². The number of nitrogens with zero attached hydrogens (tertiary/aromatic N) is 1. The molecule has 1 amide bonds. The van der Waals surface area contributed by atoms with Gasteiger partial charge in [0.05, 0.1) is 12.2 Å². The molecule has 6 nitrogen and oxygen atoms in total. The molecule has 30 heavy (non-hydrogen) atoms. The number of nitrogens with one attached hydrogen (secondary N) is 2. The van der Waals surface area contributed by atoms with Gasteiger partial charge < -0.3 is 15.0 Å². The van der Waals surface area contributed by atoms with Gasteiger partial charge in [-0.1, -0.05) is 0 Å². The van der Waals surface area contributed by atoms with Gasteiger partial charge in [-0.2, -0.15) is 0 Å². The zero-order valence-electron chi connectivity index (χ0n) is 18.2. The highest BCUT2D eigenvalue weighted by Gasteiger charge is 2.47. The topological polar surface area (TPSA) is 74.4 Å². The minimum atomic E-state index is -0.288. The van der Waals surface area contributed by atoms with Gasteiger partial charge in [0, 0.05) is 31.9 Å². The summed E-state index contributed by atoms with van der Waals surface area (Å²) in [6.07, 6.45) is 7.22. The fourth-order valence-corrected chi connectivity index (χ4v) is 7.12. The molecule has 6 heteroatoms. The van der Waals surface area contributed by atoms with Crippen molar-refractivity contribution in [2.45, 2.75) is 64.7 Å². The first-order chi connectivity index (χ1) is 14.4. The van der Waals surface area contributed by atoms with E-state index in [9.17, 15) is 9.59 Å². The van der Waals surface area contributed by atoms with Crippen molar-refractivity contribution < 1.29 is 9.53 Å². The van der Waals surface area contributed by atoms with E-state index in [1.165, 1.54) is 32.1 Å². The third kappa shape index (κ3) is 4.09. The van der Waals surface area contributed by atoms with E-state index in [1.54, 1.807) is 6.07 Å². The summed E-state index contributed by atoms with van der Waals surface area (Å²) in [5.74, 6) is 3.80. The number of aromatic amines is 1. The molecule has 0 unspecified atom stereocenters. The van der Waals surface area contributed by atoms with Crippen LogP contribution in [0, 0.1) is 29.6 Å². The van der Waals surface area contributed by atoms with Gasteiger partial charge in [-0.15, -0.1) is 0 Å². The highest BCUT2D eigenvalue weighted by atomic mass is 16.5. The Bertz CT molecular complexity index is 812. The highest BCUT2D eigenvalue weighted by molar-refractivity contribution is 5.93. The van der Waals surface area contributed by atoms with Crippen LogP contribution in [-0.4, -0.2) is 47.6 Å². The van der Waals surface area contributed by atoms with E-state index >= 15 is 0 Å². The summed E-state index contributed by atoms with van der Waals surface area (Å²) in [6, 6.07) is 3.57. The summed E-state index contributed by atoms with van der Waals surface area (Å²) in [7, 11) is 0. The van der Waals surface area contributed by atoms with Crippen LogP contribution in [-0.2, 0) is 11.3 Å². The van der Waals surface area contributed by atoms with Crippen LogP contribution in [0.3, 0.4) is 0 Å². The van der Waals surface area contributed by atoms with Gasteiger partial charge in [-0.25, -0.2) is 0 Å². The Labute approximate surface area is 178 Å². The lowest BCUT2D eigenvalue weighted by Gasteiger charge is -2.54. The molecular formula is C24H35N3O3. The molecule has 1 saturated heterocycles. The van der Waals surface area contributed by atoms with E-state index in [4.69, 9.17) is 4.74 Å². The first kappa shape index (κ1) is 20.3. The maximum atomic E-state index is 12.7. The first-order valence-electron chi connectivity index (χ1n) is 11.8. The summed E-state index contributed by atoms with van der Waals surface area (Å²) in [5.41, 5.74) is 0.787. The second kappa shape index (κ2) is 8.12. The molecule has 164 valence electrons. The molecule has 6 rings (SSSR count). The Hall–Kier alpha value is -1.66. The maximum absolute atomic E-state index is 12.7. The molecule has 5 aliphatic rings. The lowest BCUT2D eigenvalue weighted by Crippen LogP contribution is -2.49. The standard InChI is InChI=1S/C24H35N3O3/c1-14-11-27(12-15(2)30-14)13-20-3-4-21(24(29)26-20)23(28)25-10-22-18-6-16-5-17(8-18)9-19(22)7-16/h3-4,14-19,22H,5-13H2,1-2H3,(H,25,28)(H,26,29)/t14-,15+,16?,17?,18?,19?,22?. The Morgan fingerprint density at radius 3 is 2.30 bits per heavy atom. The zero-order chi connectivity index (χ0) is 20.8. The SMILES string of the molecule is C[C@@H]1CN(Cc2ccc(C(=O)NCC3C4CC5CC(C4)CC3C5)c(=O)[nH]2)C[C@H](C)O1. The third-order valence-electron chi connectivity index (χ3n) is 8.02. The van der Waals surface area contributed by atoms with Crippen LogP contribution < -0.4 is 10.9 Å². The fourth-order valence-electron chi connectivity index (χ4n) is 7.12. The fraction of sp³-hybridized carbons (Fsp3) is 0.750. The molecule has 4 saturated carbocycles. The predicted molar refractivity (Wildman–Crippen MR) is 115 cm³/mol. The van der Waals surface area contributed by atoms with Crippen molar-refractivity contribution in [3.63, 3.8) is 0 Å². The number of carbonyl (C=O) groups excluding carboxylic acids is 1. The van der Waals surface area contributed by atoms with Gasteiger partial charge in [0.2, 0.25) is 0 Å².